The normalized spacial score (nSPS) is 20.5. The lowest BCUT2D eigenvalue weighted by Gasteiger charge is -2.26. The second-order valence-electron chi connectivity index (χ2n) is 6.79. The van der Waals surface area contributed by atoms with Crippen molar-refractivity contribution in [2.45, 2.75) is 31.1 Å². The van der Waals surface area contributed by atoms with E-state index >= 15 is 0 Å². The number of H-pyrrole nitrogens is 1. The molecule has 1 N–H and O–H groups in total. The Labute approximate surface area is 159 Å². The number of para-hydroxylation sites is 1. The number of hydrogen-bond acceptors (Lipinski definition) is 6. The largest absolute Gasteiger partial charge is 0.381 e. The molecule has 0 radical (unpaired) electrons. The fourth-order valence-electron chi connectivity index (χ4n) is 3.86. The van der Waals surface area contributed by atoms with Crippen LogP contribution in [-0.4, -0.2) is 38.0 Å². The van der Waals surface area contributed by atoms with Gasteiger partial charge >= 0.3 is 0 Å². The molecule has 0 aliphatic carbocycles. The Morgan fingerprint density at radius 3 is 2.89 bits per heavy atom. The van der Waals surface area contributed by atoms with Crippen molar-refractivity contribution in [3.05, 3.63) is 52.1 Å². The molecule has 5 rings (SSSR count). The fraction of sp³-hybridized carbons (Fsp3) is 0.368. The molecule has 7 nitrogen and oxygen atoms in total. The molecular weight excluding hydrogens is 362 g/mol. The Balaban J connectivity index is 1.68. The van der Waals surface area contributed by atoms with Crippen molar-refractivity contribution in [1.29, 1.82) is 0 Å². The van der Waals surface area contributed by atoms with Crippen molar-refractivity contribution < 1.29 is 4.74 Å². The number of hydrogen-bond donors (Lipinski definition) is 1. The maximum absolute atomic E-state index is 12.9. The number of aromatic amines is 1. The third-order valence-electron chi connectivity index (χ3n) is 5.12. The molecule has 3 aromatic rings. The first-order valence-electron chi connectivity index (χ1n) is 9.06. The summed E-state index contributed by atoms with van der Waals surface area (Å²) in [4.78, 5) is 26.6. The van der Waals surface area contributed by atoms with Crippen molar-refractivity contribution in [1.82, 2.24) is 19.7 Å². The summed E-state index contributed by atoms with van der Waals surface area (Å²) in [6.45, 7) is 3.40. The molecule has 0 unspecified atom stereocenters. The van der Waals surface area contributed by atoms with Crippen LogP contribution >= 0.6 is 11.8 Å². The number of thioether (sulfide) groups is 1. The summed E-state index contributed by atoms with van der Waals surface area (Å²) in [7, 11) is 0. The zero-order valence-electron chi connectivity index (χ0n) is 14.9. The maximum Gasteiger partial charge on any atom is 0.271 e. The molecule has 8 heteroatoms. The fourth-order valence-corrected chi connectivity index (χ4v) is 4.99. The van der Waals surface area contributed by atoms with E-state index in [9.17, 15) is 4.79 Å². The lowest BCUT2D eigenvalue weighted by molar-refractivity contribution is 0.0666. The smallest absolute Gasteiger partial charge is 0.271 e. The molecule has 1 saturated heterocycles. The topological polar surface area (TPSA) is 85.2 Å². The van der Waals surface area contributed by atoms with Crippen LogP contribution in [0.4, 0.5) is 5.82 Å². The molecule has 2 aliphatic rings. The van der Waals surface area contributed by atoms with Crippen LogP contribution in [0.15, 0.2) is 40.4 Å². The molecule has 2 aliphatic heterocycles. The Morgan fingerprint density at radius 1 is 1.22 bits per heavy atom. The zero-order valence-corrected chi connectivity index (χ0v) is 15.7. The number of fused-ring (bicyclic) bond motifs is 2. The number of nitrogens with one attached hydrogen (secondary N) is 1. The zero-order chi connectivity index (χ0) is 18.4. The van der Waals surface area contributed by atoms with Gasteiger partial charge in [-0.25, -0.2) is 4.99 Å². The lowest BCUT2D eigenvalue weighted by atomic mass is 10.0. The van der Waals surface area contributed by atoms with Gasteiger partial charge in [-0.3, -0.25) is 24.5 Å². The summed E-state index contributed by atoms with van der Waals surface area (Å²) in [5.74, 6) is 0.744. The van der Waals surface area contributed by atoms with E-state index in [0.717, 1.165) is 40.3 Å². The van der Waals surface area contributed by atoms with Crippen LogP contribution in [0, 0.1) is 0 Å². The molecule has 1 aromatic carbocycles. The summed E-state index contributed by atoms with van der Waals surface area (Å²) < 4.78 is 7.42. The van der Waals surface area contributed by atoms with Crippen LogP contribution < -0.4 is 5.56 Å². The van der Waals surface area contributed by atoms with Gasteiger partial charge in [-0.1, -0.05) is 23.9 Å². The average Bonchev–Trinajstić information content (AvgIpc) is 3.04. The molecule has 4 heterocycles. The van der Waals surface area contributed by atoms with Crippen LogP contribution in [0.5, 0.6) is 0 Å². The van der Waals surface area contributed by atoms with E-state index < -0.39 is 0 Å². The number of nitrogens with zero attached hydrogens (tertiary/aromatic N) is 4. The third-order valence-corrected chi connectivity index (χ3v) is 6.28. The molecule has 138 valence electrons. The van der Waals surface area contributed by atoms with E-state index in [1.807, 2.05) is 29.8 Å². The quantitative estimate of drug-likeness (QED) is 0.736. The van der Waals surface area contributed by atoms with E-state index in [2.05, 4.69) is 15.1 Å². The Morgan fingerprint density at radius 2 is 2.04 bits per heavy atom. The van der Waals surface area contributed by atoms with Crippen LogP contribution in [-0.2, 0) is 4.74 Å². The van der Waals surface area contributed by atoms with Crippen molar-refractivity contribution in [3.63, 3.8) is 0 Å². The van der Waals surface area contributed by atoms with Gasteiger partial charge in [0, 0.05) is 25.6 Å². The molecule has 0 bridgehead atoms. The Hall–Kier alpha value is -2.45. The number of rotatable bonds is 2. The molecule has 0 spiro atoms. The maximum atomic E-state index is 12.9. The molecule has 27 heavy (non-hydrogen) atoms. The van der Waals surface area contributed by atoms with Crippen molar-refractivity contribution in [2.75, 3.05) is 13.2 Å². The summed E-state index contributed by atoms with van der Waals surface area (Å²) in [6, 6.07) is 6.15. The predicted octanol–water partition coefficient (Wildman–Crippen LogP) is 3.36. The van der Waals surface area contributed by atoms with Crippen LogP contribution in [0.2, 0.25) is 0 Å². The van der Waals surface area contributed by atoms with Gasteiger partial charge in [-0.15, -0.1) is 0 Å². The highest BCUT2D eigenvalue weighted by Crippen LogP contribution is 2.45. The average molecular weight is 381 g/mol. The highest BCUT2D eigenvalue weighted by Gasteiger charge is 2.33. The van der Waals surface area contributed by atoms with Crippen molar-refractivity contribution in [3.8, 4) is 0 Å². The minimum Gasteiger partial charge on any atom is -0.381 e. The van der Waals surface area contributed by atoms with E-state index in [4.69, 9.17) is 9.73 Å². The summed E-state index contributed by atoms with van der Waals surface area (Å²) in [5.41, 5.74) is 3.28. The first-order chi connectivity index (χ1) is 13.2. The monoisotopic (exact) mass is 381 g/mol. The lowest BCUT2D eigenvalue weighted by Crippen LogP contribution is -2.21. The second kappa shape index (κ2) is 6.61. The van der Waals surface area contributed by atoms with E-state index in [0.29, 0.717) is 18.8 Å². The van der Waals surface area contributed by atoms with Gasteiger partial charge in [0.2, 0.25) is 0 Å². The van der Waals surface area contributed by atoms with Gasteiger partial charge in [0.15, 0.2) is 5.82 Å². The van der Waals surface area contributed by atoms with E-state index in [-0.39, 0.29) is 16.9 Å². The highest BCUT2D eigenvalue weighted by molar-refractivity contribution is 8.14. The Kier molecular flexibility index (Phi) is 4.09. The molecule has 1 atom stereocenters. The van der Waals surface area contributed by atoms with E-state index in [1.165, 1.54) is 0 Å². The molecule has 0 saturated carbocycles. The molecule has 1 fully saturated rings. The van der Waals surface area contributed by atoms with Crippen LogP contribution in [0.25, 0.3) is 11.0 Å². The second-order valence-corrected chi connectivity index (χ2v) is 8.09. The first kappa shape index (κ1) is 16.7. The van der Waals surface area contributed by atoms with Gasteiger partial charge in [-0.2, -0.15) is 0 Å². The first-order valence-corrected chi connectivity index (χ1v) is 9.94. The van der Waals surface area contributed by atoms with Crippen molar-refractivity contribution in [2.24, 2.45) is 4.99 Å². The van der Waals surface area contributed by atoms with Gasteiger partial charge in [0.05, 0.1) is 32.9 Å². The van der Waals surface area contributed by atoms with Gasteiger partial charge in [-0.05, 0) is 31.4 Å². The van der Waals surface area contributed by atoms with Gasteiger partial charge in [0.1, 0.15) is 0 Å². The minimum absolute atomic E-state index is 0.0777. The third kappa shape index (κ3) is 2.80. The highest BCUT2D eigenvalue weighted by atomic mass is 32.2. The number of benzene rings is 1. The summed E-state index contributed by atoms with van der Waals surface area (Å²) >= 11 is 1.60. The Bertz CT molecular complexity index is 1090. The summed E-state index contributed by atoms with van der Waals surface area (Å²) in [5, 5.41) is 3.83. The van der Waals surface area contributed by atoms with Gasteiger partial charge in [0.25, 0.3) is 5.56 Å². The van der Waals surface area contributed by atoms with Crippen LogP contribution in [0.1, 0.15) is 42.2 Å². The number of aliphatic imine (C=N–C) groups is 1. The van der Waals surface area contributed by atoms with Crippen LogP contribution in [0.3, 0.4) is 0 Å². The predicted molar refractivity (Wildman–Crippen MR) is 106 cm³/mol. The molecule has 2 aromatic heterocycles. The minimum atomic E-state index is -0.150. The summed E-state index contributed by atoms with van der Waals surface area (Å²) in [6.07, 6.45) is 5.14. The standard InChI is InChI=1S/C19H19N5O2S/c1-11-22-18-15(19(25)23-24(18)12-5-9-26-10-6-12)17(27-11)13-3-2-4-14-16(13)21-8-7-20-14/h2-4,7-8,12,17H,5-6,9-10H2,1H3,(H,23,25)/t17-/m0/s1. The van der Waals surface area contributed by atoms with E-state index in [1.54, 1.807) is 24.2 Å². The number of aromatic nitrogens is 4. The van der Waals surface area contributed by atoms with Gasteiger partial charge < -0.3 is 4.74 Å². The molecular formula is C19H19N5O2S. The molecule has 0 amide bonds. The SMILES string of the molecule is CC1=Nc2c(c(=O)[nH]n2C2CCOCC2)[C@H](c2cccc3nccnc23)S1. The number of ether oxygens (including phenoxy) is 1. The van der Waals surface area contributed by atoms with Crippen molar-refractivity contribution >= 4 is 33.7 Å².